The number of benzene rings is 1. The van der Waals surface area contributed by atoms with Crippen LogP contribution in [0.25, 0.3) is 0 Å². The van der Waals surface area contributed by atoms with Crippen molar-refractivity contribution < 1.29 is 13.9 Å². The predicted molar refractivity (Wildman–Crippen MR) is 85.5 cm³/mol. The molecular formula is C14H17BrFNO2S. The van der Waals surface area contributed by atoms with E-state index in [1.165, 1.54) is 6.07 Å². The molecule has 1 aromatic carbocycles. The third-order valence-corrected chi connectivity index (χ3v) is 3.56. The summed E-state index contributed by atoms with van der Waals surface area (Å²) in [5.41, 5.74) is 0.921. The lowest BCUT2D eigenvalue weighted by Crippen LogP contribution is -2.19. The van der Waals surface area contributed by atoms with Crippen LogP contribution < -0.4 is 5.32 Å². The molecule has 0 spiro atoms. The number of carbonyl (C=O) groups is 1. The van der Waals surface area contributed by atoms with Gasteiger partial charge < -0.3 is 10.1 Å². The van der Waals surface area contributed by atoms with E-state index in [0.717, 1.165) is 5.56 Å². The van der Waals surface area contributed by atoms with Gasteiger partial charge in [0.1, 0.15) is 5.82 Å². The molecule has 1 aromatic rings. The average Bonchev–Trinajstić information content (AvgIpc) is 2.35. The van der Waals surface area contributed by atoms with E-state index in [1.807, 2.05) is 6.92 Å². The molecule has 0 saturated heterocycles. The fourth-order valence-corrected chi connectivity index (χ4v) is 2.20. The van der Waals surface area contributed by atoms with Gasteiger partial charge in [0.2, 0.25) is 5.91 Å². The molecule has 0 heterocycles. The first kappa shape index (κ1) is 17.0. The predicted octanol–water partition coefficient (Wildman–Crippen LogP) is 4.09. The van der Waals surface area contributed by atoms with E-state index in [1.54, 1.807) is 19.9 Å². The molecule has 6 heteroatoms. The molecule has 0 aliphatic carbocycles. The Kier molecular flexibility index (Phi) is 6.55. The molecule has 1 amide bonds. The van der Waals surface area contributed by atoms with Crippen LogP contribution in [0.5, 0.6) is 0 Å². The van der Waals surface area contributed by atoms with Crippen molar-refractivity contribution in [2.24, 2.45) is 5.92 Å². The van der Waals surface area contributed by atoms with Crippen molar-refractivity contribution in [3.8, 4) is 0 Å². The third kappa shape index (κ3) is 4.83. The number of anilines is 1. The molecule has 0 atom stereocenters. The summed E-state index contributed by atoms with van der Waals surface area (Å²) in [6.07, 6.45) is 0.384. The molecule has 110 valence electrons. The molecule has 1 rings (SSSR count). The summed E-state index contributed by atoms with van der Waals surface area (Å²) in [4.78, 5) is 11.6. The normalized spacial score (nSPS) is 10.5. The summed E-state index contributed by atoms with van der Waals surface area (Å²) >= 11 is 8.36. The molecule has 0 aromatic heterocycles. The molecule has 0 fully saturated rings. The Hall–Kier alpha value is -1.01. The van der Waals surface area contributed by atoms with Crippen molar-refractivity contribution >= 4 is 44.8 Å². The second-order valence-corrected chi connectivity index (χ2v) is 5.86. The maximum Gasteiger partial charge on any atom is 0.227 e. The summed E-state index contributed by atoms with van der Waals surface area (Å²) in [5, 5.41) is 3.00. The first-order valence-corrected chi connectivity index (χ1v) is 7.49. The lowest BCUT2D eigenvalue weighted by atomic mass is 10.1. The van der Waals surface area contributed by atoms with Crippen molar-refractivity contribution in [2.45, 2.75) is 27.2 Å². The number of nitrogens with one attached hydrogen (secondary N) is 1. The van der Waals surface area contributed by atoms with Crippen molar-refractivity contribution in [2.75, 3.05) is 11.9 Å². The minimum absolute atomic E-state index is 0.154. The van der Waals surface area contributed by atoms with Crippen molar-refractivity contribution in [3.63, 3.8) is 0 Å². The molecule has 0 unspecified atom stereocenters. The SMILES string of the molecule is CCOC(=S)Cc1cc(NC(=O)C(C)C)c(F)cc1Br. The first-order valence-electron chi connectivity index (χ1n) is 6.29. The number of hydrogen-bond donors (Lipinski definition) is 1. The molecular weight excluding hydrogens is 345 g/mol. The van der Waals surface area contributed by atoms with Crippen LogP contribution in [0.3, 0.4) is 0 Å². The van der Waals surface area contributed by atoms with Crippen LogP contribution in [-0.2, 0) is 16.0 Å². The van der Waals surface area contributed by atoms with Gasteiger partial charge in [-0.25, -0.2) is 4.39 Å². The van der Waals surface area contributed by atoms with Crippen LogP contribution in [-0.4, -0.2) is 17.6 Å². The number of amides is 1. The monoisotopic (exact) mass is 361 g/mol. The Labute approximate surface area is 132 Å². The van der Waals surface area contributed by atoms with E-state index in [0.29, 0.717) is 22.6 Å². The van der Waals surface area contributed by atoms with Crippen LogP contribution in [0.2, 0.25) is 0 Å². The Morgan fingerprint density at radius 1 is 1.50 bits per heavy atom. The summed E-state index contributed by atoms with van der Waals surface area (Å²) in [5.74, 6) is -0.937. The lowest BCUT2D eigenvalue weighted by Gasteiger charge is -2.12. The number of rotatable bonds is 5. The van der Waals surface area contributed by atoms with Crippen molar-refractivity contribution in [1.29, 1.82) is 0 Å². The van der Waals surface area contributed by atoms with E-state index in [-0.39, 0.29) is 17.5 Å². The van der Waals surface area contributed by atoms with Gasteiger partial charge in [-0.3, -0.25) is 4.79 Å². The largest absolute Gasteiger partial charge is 0.487 e. The Morgan fingerprint density at radius 2 is 2.15 bits per heavy atom. The Balaban J connectivity index is 2.97. The number of halogens is 2. The molecule has 20 heavy (non-hydrogen) atoms. The van der Waals surface area contributed by atoms with Crippen molar-refractivity contribution in [3.05, 3.63) is 28.0 Å². The molecule has 0 aliphatic heterocycles. The lowest BCUT2D eigenvalue weighted by molar-refractivity contribution is -0.118. The standard InChI is InChI=1S/C14H17BrFNO2S/c1-4-19-13(20)6-9-5-12(11(16)7-10(9)15)17-14(18)8(2)3/h5,7-8H,4,6H2,1-3H3,(H,17,18). The summed E-state index contributed by atoms with van der Waals surface area (Å²) < 4.78 is 19.6. The highest BCUT2D eigenvalue weighted by Crippen LogP contribution is 2.26. The highest BCUT2D eigenvalue weighted by atomic mass is 79.9. The zero-order valence-corrected chi connectivity index (χ0v) is 14.0. The molecule has 1 N–H and O–H groups in total. The zero-order chi connectivity index (χ0) is 15.3. The zero-order valence-electron chi connectivity index (χ0n) is 11.6. The van der Waals surface area contributed by atoms with E-state index in [2.05, 4.69) is 21.2 Å². The van der Waals surface area contributed by atoms with Gasteiger partial charge in [0.05, 0.1) is 12.3 Å². The maximum atomic E-state index is 13.8. The first-order chi connectivity index (χ1) is 9.35. The Bertz CT molecular complexity index is 520. The van der Waals surface area contributed by atoms with E-state index < -0.39 is 5.82 Å². The van der Waals surface area contributed by atoms with E-state index in [4.69, 9.17) is 17.0 Å². The molecule has 0 radical (unpaired) electrons. The molecule has 0 saturated carbocycles. The van der Waals surface area contributed by atoms with Crippen LogP contribution in [0.15, 0.2) is 16.6 Å². The van der Waals surface area contributed by atoms with Gasteiger partial charge in [0, 0.05) is 16.8 Å². The second-order valence-electron chi connectivity index (χ2n) is 4.55. The van der Waals surface area contributed by atoms with Crippen LogP contribution >= 0.6 is 28.1 Å². The van der Waals surface area contributed by atoms with Gasteiger partial charge in [0.15, 0.2) is 5.05 Å². The van der Waals surface area contributed by atoms with Gasteiger partial charge in [-0.1, -0.05) is 29.8 Å². The summed E-state index contributed by atoms with van der Waals surface area (Å²) in [7, 11) is 0. The van der Waals surface area contributed by atoms with Crippen molar-refractivity contribution in [1.82, 2.24) is 0 Å². The number of thiocarbonyl (C=S) groups is 1. The molecule has 0 aliphatic rings. The highest BCUT2D eigenvalue weighted by molar-refractivity contribution is 9.10. The third-order valence-electron chi connectivity index (χ3n) is 2.56. The summed E-state index contributed by atoms with van der Waals surface area (Å²) in [6, 6.07) is 2.89. The van der Waals surface area contributed by atoms with Gasteiger partial charge in [-0.2, -0.15) is 0 Å². The topological polar surface area (TPSA) is 38.3 Å². The van der Waals surface area contributed by atoms with Crippen LogP contribution in [0.1, 0.15) is 26.3 Å². The Morgan fingerprint density at radius 3 is 2.70 bits per heavy atom. The van der Waals surface area contributed by atoms with Gasteiger partial charge in [0.25, 0.3) is 0 Å². The molecule has 0 bridgehead atoms. The number of ether oxygens (including phenoxy) is 1. The van der Waals surface area contributed by atoms with E-state index >= 15 is 0 Å². The average molecular weight is 362 g/mol. The fraction of sp³-hybridized carbons (Fsp3) is 0.429. The van der Waals surface area contributed by atoms with Gasteiger partial charge >= 0.3 is 0 Å². The van der Waals surface area contributed by atoms with Crippen LogP contribution in [0.4, 0.5) is 10.1 Å². The smallest absolute Gasteiger partial charge is 0.227 e. The number of hydrogen-bond acceptors (Lipinski definition) is 3. The number of carbonyl (C=O) groups excluding carboxylic acids is 1. The maximum absolute atomic E-state index is 13.8. The minimum atomic E-state index is -0.489. The van der Waals surface area contributed by atoms with Crippen LogP contribution in [0, 0.1) is 11.7 Å². The minimum Gasteiger partial charge on any atom is -0.487 e. The van der Waals surface area contributed by atoms with Gasteiger partial charge in [-0.15, -0.1) is 0 Å². The highest BCUT2D eigenvalue weighted by Gasteiger charge is 2.14. The molecule has 3 nitrogen and oxygen atoms in total. The quantitative estimate of drug-likeness (QED) is 0.802. The summed E-state index contributed by atoms with van der Waals surface area (Å²) in [6.45, 7) is 5.84. The van der Waals surface area contributed by atoms with Gasteiger partial charge in [-0.05, 0) is 36.8 Å². The second kappa shape index (κ2) is 7.69. The fourth-order valence-electron chi connectivity index (χ4n) is 1.47. The van der Waals surface area contributed by atoms with E-state index in [9.17, 15) is 9.18 Å².